The highest BCUT2D eigenvalue weighted by Gasteiger charge is 2.32. The number of rotatable bonds is 7. The fourth-order valence-electron chi connectivity index (χ4n) is 2.21. The second kappa shape index (κ2) is 8.09. The zero-order valence-corrected chi connectivity index (χ0v) is 13.5. The van der Waals surface area contributed by atoms with Crippen LogP contribution in [0.5, 0.6) is 0 Å². The Kier molecular flexibility index (Phi) is 6.11. The van der Waals surface area contributed by atoms with Gasteiger partial charge in [0.2, 0.25) is 17.6 Å². The Morgan fingerprint density at radius 1 is 1.24 bits per heavy atom. The highest BCUT2D eigenvalue weighted by molar-refractivity contribution is 5.76. The van der Waals surface area contributed by atoms with Crippen molar-refractivity contribution in [3.8, 4) is 11.4 Å². The van der Waals surface area contributed by atoms with Gasteiger partial charge in [0, 0.05) is 24.9 Å². The molecule has 0 spiro atoms. The summed E-state index contributed by atoms with van der Waals surface area (Å²) < 4.78 is 55.1. The van der Waals surface area contributed by atoms with Gasteiger partial charge in [0.1, 0.15) is 12.4 Å². The molecule has 9 heteroatoms. The molecular formula is C16H17F4N3O2. The van der Waals surface area contributed by atoms with Crippen molar-refractivity contribution in [1.82, 2.24) is 15.0 Å². The Morgan fingerprint density at radius 2 is 1.92 bits per heavy atom. The van der Waals surface area contributed by atoms with E-state index in [0.29, 0.717) is 5.56 Å². The first-order valence-corrected chi connectivity index (χ1v) is 7.71. The summed E-state index contributed by atoms with van der Waals surface area (Å²) in [5, 5.41) is 3.76. The van der Waals surface area contributed by atoms with Gasteiger partial charge in [0.15, 0.2) is 0 Å². The summed E-state index contributed by atoms with van der Waals surface area (Å²) in [7, 11) is 0. The summed E-state index contributed by atoms with van der Waals surface area (Å²) in [5.41, 5.74) is 0.579. The number of nitrogens with zero attached hydrogens (tertiary/aromatic N) is 3. The molecule has 2 rings (SSSR count). The first-order chi connectivity index (χ1) is 11.8. The van der Waals surface area contributed by atoms with Crippen molar-refractivity contribution in [2.45, 2.75) is 32.4 Å². The first-order valence-electron chi connectivity index (χ1n) is 7.71. The van der Waals surface area contributed by atoms with Gasteiger partial charge in [0.25, 0.3) is 0 Å². The molecule has 0 aliphatic rings. The zero-order valence-electron chi connectivity index (χ0n) is 13.5. The standard InChI is InChI=1S/C16H17F4N3O2/c1-2-23(10-16(18,19)20)14(24)5-3-4-13-21-15(22-25-13)11-6-8-12(17)9-7-11/h6-9H,2-5,10H2,1H3. The maximum Gasteiger partial charge on any atom is 0.406 e. The SMILES string of the molecule is CCN(CC(F)(F)F)C(=O)CCCc1nc(-c2ccc(F)cc2)no1. The normalized spacial score (nSPS) is 11.6. The third-order valence-corrected chi connectivity index (χ3v) is 3.46. The van der Waals surface area contributed by atoms with Crippen LogP contribution < -0.4 is 0 Å². The molecular weight excluding hydrogens is 342 g/mol. The van der Waals surface area contributed by atoms with Crippen LogP contribution in [-0.4, -0.2) is 40.2 Å². The first kappa shape index (κ1) is 18.9. The van der Waals surface area contributed by atoms with E-state index in [-0.39, 0.29) is 43.3 Å². The molecule has 0 saturated carbocycles. The summed E-state index contributed by atoms with van der Waals surface area (Å²) in [5.74, 6) is -0.400. The third kappa shape index (κ3) is 5.84. The van der Waals surface area contributed by atoms with Crippen LogP contribution in [0.1, 0.15) is 25.7 Å². The zero-order chi connectivity index (χ0) is 18.4. The highest BCUT2D eigenvalue weighted by Crippen LogP contribution is 2.18. The quantitative estimate of drug-likeness (QED) is 0.709. The molecule has 1 amide bonds. The lowest BCUT2D eigenvalue weighted by molar-refractivity contribution is -0.160. The van der Waals surface area contributed by atoms with Crippen molar-refractivity contribution in [3.63, 3.8) is 0 Å². The minimum Gasteiger partial charge on any atom is -0.339 e. The van der Waals surface area contributed by atoms with Crippen molar-refractivity contribution in [2.75, 3.05) is 13.1 Å². The molecule has 0 aliphatic heterocycles. The predicted molar refractivity (Wildman–Crippen MR) is 80.9 cm³/mol. The number of alkyl halides is 3. The predicted octanol–water partition coefficient (Wildman–Crippen LogP) is 3.61. The van der Waals surface area contributed by atoms with Crippen molar-refractivity contribution in [2.24, 2.45) is 0 Å². The largest absolute Gasteiger partial charge is 0.406 e. The van der Waals surface area contributed by atoms with Crippen molar-refractivity contribution >= 4 is 5.91 Å². The average molecular weight is 359 g/mol. The minimum absolute atomic E-state index is 0.00633. The van der Waals surface area contributed by atoms with Crippen molar-refractivity contribution in [1.29, 1.82) is 0 Å². The van der Waals surface area contributed by atoms with E-state index in [1.807, 2.05) is 0 Å². The van der Waals surface area contributed by atoms with Crippen LogP contribution >= 0.6 is 0 Å². The topological polar surface area (TPSA) is 59.2 Å². The lowest BCUT2D eigenvalue weighted by Crippen LogP contribution is -2.38. The molecule has 0 N–H and O–H groups in total. The van der Waals surface area contributed by atoms with Crippen LogP contribution in [0.2, 0.25) is 0 Å². The van der Waals surface area contributed by atoms with Crippen LogP contribution in [0, 0.1) is 5.82 Å². The Labute approximate surface area is 141 Å². The Bertz CT molecular complexity index is 698. The maximum absolute atomic E-state index is 12.9. The number of carbonyl (C=O) groups excluding carboxylic acids is 1. The number of halogens is 4. The van der Waals surface area contributed by atoms with Crippen molar-refractivity contribution < 1.29 is 26.9 Å². The van der Waals surface area contributed by atoms with Gasteiger partial charge in [0.05, 0.1) is 0 Å². The lowest BCUT2D eigenvalue weighted by Gasteiger charge is -2.22. The van der Waals surface area contributed by atoms with E-state index < -0.39 is 18.6 Å². The van der Waals surface area contributed by atoms with Gasteiger partial charge in [-0.3, -0.25) is 4.79 Å². The molecule has 1 aromatic carbocycles. The van der Waals surface area contributed by atoms with Gasteiger partial charge < -0.3 is 9.42 Å². The van der Waals surface area contributed by atoms with Crippen LogP contribution in [-0.2, 0) is 11.2 Å². The summed E-state index contributed by atoms with van der Waals surface area (Å²) in [4.78, 5) is 16.7. The number of amides is 1. The van der Waals surface area contributed by atoms with Crippen LogP contribution in [0.25, 0.3) is 11.4 Å². The fourth-order valence-corrected chi connectivity index (χ4v) is 2.21. The number of hydrogen-bond acceptors (Lipinski definition) is 4. The van der Waals surface area contributed by atoms with Gasteiger partial charge in [-0.1, -0.05) is 5.16 Å². The smallest absolute Gasteiger partial charge is 0.339 e. The molecule has 0 fully saturated rings. The van der Waals surface area contributed by atoms with Gasteiger partial charge in [-0.2, -0.15) is 18.2 Å². The molecule has 0 aliphatic carbocycles. The lowest BCUT2D eigenvalue weighted by atomic mass is 10.2. The van der Waals surface area contributed by atoms with E-state index in [0.717, 1.165) is 4.90 Å². The van der Waals surface area contributed by atoms with Gasteiger partial charge in [-0.25, -0.2) is 4.39 Å². The summed E-state index contributed by atoms with van der Waals surface area (Å²) >= 11 is 0. The Balaban J connectivity index is 1.85. The third-order valence-electron chi connectivity index (χ3n) is 3.46. The highest BCUT2D eigenvalue weighted by atomic mass is 19.4. The van der Waals surface area contributed by atoms with E-state index >= 15 is 0 Å². The molecule has 136 valence electrons. The average Bonchev–Trinajstić information content (AvgIpc) is 3.01. The summed E-state index contributed by atoms with van der Waals surface area (Å²) in [6.45, 7) is 0.238. The molecule has 25 heavy (non-hydrogen) atoms. The number of aryl methyl sites for hydroxylation is 1. The molecule has 1 aromatic heterocycles. The number of hydrogen-bond donors (Lipinski definition) is 0. The van der Waals surface area contributed by atoms with Gasteiger partial charge in [-0.05, 0) is 37.6 Å². The van der Waals surface area contributed by atoms with E-state index in [1.165, 1.54) is 31.2 Å². The molecule has 0 unspecified atom stereocenters. The van der Waals surface area contributed by atoms with Gasteiger partial charge in [-0.15, -0.1) is 0 Å². The number of benzene rings is 1. The number of carbonyl (C=O) groups is 1. The molecule has 0 bridgehead atoms. The maximum atomic E-state index is 12.9. The molecule has 5 nitrogen and oxygen atoms in total. The van der Waals surface area contributed by atoms with Crippen molar-refractivity contribution in [3.05, 3.63) is 36.0 Å². The Hall–Kier alpha value is -2.45. The summed E-state index contributed by atoms with van der Waals surface area (Å²) in [6.07, 6.45) is -3.90. The van der Waals surface area contributed by atoms with E-state index in [4.69, 9.17) is 4.52 Å². The second-order valence-electron chi connectivity index (χ2n) is 5.40. The second-order valence-corrected chi connectivity index (χ2v) is 5.40. The van der Waals surface area contributed by atoms with E-state index in [1.54, 1.807) is 0 Å². The minimum atomic E-state index is -4.41. The van der Waals surface area contributed by atoms with Crippen LogP contribution in [0.15, 0.2) is 28.8 Å². The molecule has 2 aromatic rings. The van der Waals surface area contributed by atoms with Crippen LogP contribution in [0.3, 0.4) is 0 Å². The molecule has 1 heterocycles. The molecule has 0 atom stereocenters. The molecule has 0 saturated heterocycles. The molecule has 0 radical (unpaired) electrons. The Morgan fingerprint density at radius 3 is 2.52 bits per heavy atom. The summed E-state index contributed by atoms with van der Waals surface area (Å²) in [6, 6.07) is 5.54. The van der Waals surface area contributed by atoms with E-state index in [9.17, 15) is 22.4 Å². The monoisotopic (exact) mass is 359 g/mol. The van der Waals surface area contributed by atoms with Crippen LogP contribution in [0.4, 0.5) is 17.6 Å². The van der Waals surface area contributed by atoms with E-state index in [2.05, 4.69) is 10.1 Å². The fraction of sp³-hybridized carbons (Fsp3) is 0.438. The number of aromatic nitrogens is 2. The van der Waals surface area contributed by atoms with Gasteiger partial charge >= 0.3 is 6.18 Å².